The van der Waals surface area contributed by atoms with Crippen LogP contribution in [0, 0.1) is 0 Å². The smallest absolute Gasteiger partial charge is 0.272 e. The number of hydrogen-bond acceptors (Lipinski definition) is 3. The highest BCUT2D eigenvalue weighted by molar-refractivity contribution is 5.92. The summed E-state index contributed by atoms with van der Waals surface area (Å²) in [5.74, 6) is -0.268. The lowest BCUT2D eigenvalue weighted by Gasteiger charge is -2.12. The van der Waals surface area contributed by atoms with Gasteiger partial charge in [0, 0.05) is 6.20 Å². The van der Waals surface area contributed by atoms with E-state index in [9.17, 15) is 4.79 Å². The lowest BCUT2D eigenvalue weighted by Crippen LogP contribution is -2.37. The van der Waals surface area contributed by atoms with Gasteiger partial charge in [-0.2, -0.15) is 5.10 Å². The van der Waals surface area contributed by atoms with Crippen LogP contribution in [0.3, 0.4) is 0 Å². The number of benzene rings is 1. The maximum Gasteiger partial charge on any atom is 0.272 e. The fraction of sp³-hybridized carbons (Fsp3) is 0.286. The number of aliphatic hydroxyl groups excluding tert-OH is 1. The molecule has 0 aliphatic carbocycles. The van der Waals surface area contributed by atoms with Gasteiger partial charge in [0.25, 0.3) is 5.91 Å². The molecule has 2 aromatic rings. The Balaban J connectivity index is 2.11. The first-order chi connectivity index (χ1) is 9.24. The summed E-state index contributed by atoms with van der Waals surface area (Å²) in [7, 11) is 0. The van der Waals surface area contributed by atoms with Crippen LogP contribution < -0.4 is 5.32 Å². The van der Waals surface area contributed by atoms with Gasteiger partial charge in [-0.15, -0.1) is 0 Å². The van der Waals surface area contributed by atoms with Gasteiger partial charge < -0.3 is 10.4 Å². The lowest BCUT2D eigenvalue weighted by molar-refractivity contribution is 0.0909. The number of para-hydroxylation sites is 1. The first kappa shape index (κ1) is 13.3. The minimum absolute atomic E-state index is 0.0678. The van der Waals surface area contributed by atoms with E-state index < -0.39 is 0 Å². The molecule has 0 radical (unpaired) electrons. The molecule has 1 aromatic carbocycles. The zero-order valence-corrected chi connectivity index (χ0v) is 10.8. The summed E-state index contributed by atoms with van der Waals surface area (Å²) < 4.78 is 1.65. The Morgan fingerprint density at radius 1 is 1.37 bits per heavy atom. The predicted octanol–water partition coefficient (Wildman–Crippen LogP) is 1.37. The van der Waals surface area contributed by atoms with E-state index in [0.717, 1.165) is 5.69 Å². The number of amides is 1. The van der Waals surface area contributed by atoms with Crippen molar-refractivity contribution in [3.8, 4) is 5.69 Å². The molecule has 1 atom stereocenters. The maximum absolute atomic E-state index is 11.9. The van der Waals surface area contributed by atoms with Crippen LogP contribution in [0.5, 0.6) is 0 Å². The number of carbonyl (C=O) groups is 1. The van der Waals surface area contributed by atoms with Gasteiger partial charge in [-0.05, 0) is 24.6 Å². The normalized spacial score (nSPS) is 12.1. The SMILES string of the molecule is CC[C@@H](CO)NC(=O)c1ccn(-c2ccccc2)n1. The molecule has 0 fully saturated rings. The van der Waals surface area contributed by atoms with Gasteiger partial charge >= 0.3 is 0 Å². The number of carbonyl (C=O) groups excluding carboxylic acids is 1. The molecule has 0 aliphatic heterocycles. The minimum Gasteiger partial charge on any atom is -0.394 e. The molecule has 2 N–H and O–H groups in total. The van der Waals surface area contributed by atoms with E-state index in [0.29, 0.717) is 12.1 Å². The van der Waals surface area contributed by atoms with E-state index in [2.05, 4.69) is 10.4 Å². The molecule has 0 saturated carbocycles. The Labute approximate surface area is 111 Å². The summed E-state index contributed by atoms with van der Waals surface area (Å²) in [6.45, 7) is 1.84. The number of aliphatic hydroxyl groups is 1. The van der Waals surface area contributed by atoms with Gasteiger partial charge in [0.2, 0.25) is 0 Å². The lowest BCUT2D eigenvalue weighted by atomic mass is 10.2. The Bertz CT molecular complexity index is 533. The molecule has 19 heavy (non-hydrogen) atoms. The van der Waals surface area contributed by atoms with Crippen LogP contribution in [-0.2, 0) is 0 Å². The topological polar surface area (TPSA) is 67.2 Å². The second kappa shape index (κ2) is 6.15. The van der Waals surface area contributed by atoms with E-state index >= 15 is 0 Å². The third kappa shape index (κ3) is 3.20. The number of rotatable bonds is 5. The summed E-state index contributed by atoms with van der Waals surface area (Å²) in [6.07, 6.45) is 2.42. The molecule has 2 rings (SSSR count). The molecule has 5 nitrogen and oxygen atoms in total. The third-order valence-electron chi connectivity index (χ3n) is 2.89. The zero-order chi connectivity index (χ0) is 13.7. The predicted molar refractivity (Wildman–Crippen MR) is 72.2 cm³/mol. The summed E-state index contributed by atoms with van der Waals surface area (Å²) in [5, 5.41) is 16.0. The van der Waals surface area contributed by atoms with E-state index in [1.54, 1.807) is 16.9 Å². The highest BCUT2D eigenvalue weighted by atomic mass is 16.3. The molecule has 1 aromatic heterocycles. The zero-order valence-electron chi connectivity index (χ0n) is 10.8. The molecule has 100 valence electrons. The summed E-state index contributed by atoms with van der Waals surface area (Å²) in [4.78, 5) is 11.9. The van der Waals surface area contributed by atoms with Crippen molar-refractivity contribution in [2.45, 2.75) is 19.4 Å². The van der Waals surface area contributed by atoms with Crippen molar-refractivity contribution in [1.82, 2.24) is 15.1 Å². The number of nitrogens with zero attached hydrogens (tertiary/aromatic N) is 2. The Kier molecular flexibility index (Phi) is 4.30. The van der Waals surface area contributed by atoms with Crippen molar-refractivity contribution >= 4 is 5.91 Å². The molecule has 0 unspecified atom stereocenters. The van der Waals surface area contributed by atoms with E-state index in [1.807, 2.05) is 37.3 Å². The highest BCUT2D eigenvalue weighted by Crippen LogP contribution is 2.07. The fourth-order valence-corrected chi connectivity index (χ4v) is 1.71. The van der Waals surface area contributed by atoms with Gasteiger partial charge in [0.15, 0.2) is 5.69 Å². The van der Waals surface area contributed by atoms with E-state index in [1.165, 1.54) is 0 Å². The summed E-state index contributed by atoms with van der Waals surface area (Å²) in [6, 6.07) is 11.0. The minimum atomic E-state index is -0.268. The van der Waals surface area contributed by atoms with Crippen LogP contribution in [0.4, 0.5) is 0 Å². The molecule has 0 bridgehead atoms. The fourth-order valence-electron chi connectivity index (χ4n) is 1.71. The van der Waals surface area contributed by atoms with Crippen molar-refractivity contribution in [3.05, 3.63) is 48.3 Å². The second-order valence-corrected chi connectivity index (χ2v) is 4.24. The summed E-state index contributed by atoms with van der Waals surface area (Å²) >= 11 is 0. The molecule has 0 spiro atoms. The van der Waals surface area contributed by atoms with Crippen LogP contribution in [0.2, 0.25) is 0 Å². The first-order valence-electron chi connectivity index (χ1n) is 6.27. The monoisotopic (exact) mass is 259 g/mol. The Morgan fingerprint density at radius 2 is 2.11 bits per heavy atom. The van der Waals surface area contributed by atoms with E-state index in [-0.39, 0.29) is 18.6 Å². The molecule has 0 saturated heterocycles. The largest absolute Gasteiger partial charge is 0.394 e. The molecule has 1 amide bonds. The van der Waals surface area contributed by atoms with Crippen molar-refractivity contribution in [1.29, 1.82) is 0 Å². The number of hydrogen-bond donors (Lipinski definition) is 2. The Morgan fingerprint density at radius 3 is 2.74 bits per heavy atom. The quantitative estimate of drug-likeness (QED) is 0.852. The second-order valence-electron chi connectivity index (χ2n) is 4.24. The van der Waals surface area contributed by atoms with Crippen LogP contribution in [0.1, 0.15) is 23.8 Å². The standard InChI is InChI=1S/C14H17N3O2/c1-2-11(10-18)15-14(19)13-8-9-17(16-13)12-6-4-3-5-7-12/h3-9,11,18H,2,10H2,1H3,(H,15,19)/t11-/m0/s1. The van der Waals surface area contributed by atoms with Gasteiger partial charge in [0.1, 0.15) is 0 Å². The average molecular weight is 259 g/mol. The van der Waals surface area contributed by atoms with Crippen LogP contribution >= 0.6 is 0 Å². The molecule has 1 heterocycles. The van der Waals surface area contributed by atoms with Gasteiger partial charge in [-0.25, -0.2) is 4.68 Å². The number of aromatic nitrogens is 2. The first-order valence-corrected chi connectivity index (χ1v) is 6.27. The maximum atomic E-state index is 11.9. The Hall–Kier alpha value is -2.14. The van der Waals surface area contributed by atoms with Gasteiger partial charge in [-0.3, -0.25) is 4.79 Å². The highest BCUT2D eigenvalue weighted by Gasteiger charge is 2.13. The van der Waals surface area contributed by atoms with Crippen molar-refractivity contribution in [3.63, 3.8) is 0 Å². The van der Waals surface area contributed by atoms with Crippen molar-refractivity contribution < 1.29 is 9.90 Å². The number of nitrogens with one attached hydrogen (secondary N) is 1. The molecule has 0 aliphatic rings. The molecular weight excluding hydrogens is 242 g/mol. The van der Waals surface area contributed by atoms with Gasteiger partial charge in [0.05, 0.1) is 18.3 Å². The van der Waals surface area contributed by atoms with Crippen LogP contribution in [0.15, 0.2) is 42.6 Å². The van der Waals surface area contributed by atoms with Crippen molar-refractivity contribution in [2.75, 3.05) is 6.61 Å². The summed E-state index contributed by atoms with van der Waals surface area (Å²) in [5.41, 5.74) is 1.24. The van der Waals surface area contributed by atoms with Crippen LogP contribution in [-0.4, -0.2) is 33.4 Å². The van der Waals surface area contributed by atoms with Crippen molar-refractivity contribution in [2.24, 2.45) is 0 Å². The third-order valence-corrected chi connectivity index (χ3v) is 2.89. The van der Waals surface area contributed by atoms with E-state index in [4.69, 9.17) is 5.11 Å². The van der Waals surface area contributed by atoms with Crippen LogP contribution in [0.25, 0.3) is 5.69 Å². The molecular formula is C14H17N3O2. The molecule has 5 heteroatoms. The van der Waals surface area contributed by atoms with Gasteiger partial charge in [-0.1, -0.05) is 25.1 Å². The average Bonchev–Trinajstić information content (AvgIpc) is 2.95.